The van der Waals surface area contributed by atoms with Crippen LogP contribution < -0.4 is 14.8 Å². The van der Waals surface area contributed by atoms with Crippen molar-refractivity contribution in [2.45, 2.75) is 20.4 Å². The summed E-state index contributed by atoms with van der Waals surface area (Å²) >= 11 is 0. The van der Waals surface area contributed by atoms with Crippen LogP contribution in [0.4, 0.5) is 0 Å². The van der Waals surface area contributed by atoms with Crippen molar-refractivity contribution >= 4 is 0 Å². The number of hydrogen-bond donors (Lipinski definition) is 1. The van der Waals surface area contributed by atoms with Crippen molar-refractivity contribution in [2.24, 2.45) is 0 Å². The van der Waals surface area contributed by atoms with Gasteiger partial charge in [0.05, 0.1) is 20.3 Å². The predicted octanol–water partition coefficient (Wildman–Crippen LogP) is 2.21. The third-order valence-electron chi connectivity index (χ3n) is 2.27. The van der Waals surface area contributed by atoms with Crippen molar-refractivity contribution in [1.82, 2.24) is 5.32 Å². The lowest BCUT2D eigenvalue weighted by Crippen LogP contribution is -2.14. The van der Waals surface area contributed by atoms with Crippen LogP contribution in [0.5, 0.6) is 11.5 Å². The SMILES string of the molecule is CC#CCNCc1cccc(OCC)c1OC. The molecule has 0 atom stereocenters. The second-order valence-electron chi connectivity index (χ2n) is 3.41. The Kier molecular flexibility index (Phi) is 5.98. The first kappa shape index (κ1) is 13.4. The van der Waals surface area contributed by atoms with Crippen LogP contribution in [0.3, 0.4) is 0 Å². The Labute approximate surface area is 103 Å². The molecule has 1 rings (SSSR count). The third kappa shape index (κ3) is 4.01. The monoisotopic (exact) mass is 233 g/mol. The Morgan fingerprint density at radius 1 is 1.35 bits per heavy atom. The van der Waals surface area contributed by atoms with Gasteiger partial charge in [0.15, 0.2) is 11.5 Å². The van der Waals surface area contributed by atoms with E-state index in [2.05, 4.69) is 17.2 Å². The largest absolute Gasteiger partial charge is 0.493 e. The molecular formula is C14H19NO2. The summed E-state index contributed by atoms with van der Waals surface area (Å²) in [4.78, 5) is 0. The Morgan fingerprint density at radius 2 is 2.18 bits per heavy atom. The fourth-order valence-corrected chi connectivity index (χ4v) is 1.55. The maximum atomic E-state index is 5.52. The molecule has 1 aromatic carbocycles. The Balaban J connectivity index is 2.74. The lowest BCUT2D eigenvalue weighted by molar-refractivity contribution is 0.309. The molecule has 0 unspecified atom stereocenters. The highest BCUT2D eigenvalue weighted by Crippen LogP contribution is 2.30. The maximum absolute atomic E-state index is 5.52. The van der Waals surface area contributed by atoms with Gasteiger partial charge in [-0.1, -0.05) is 18.1 Å². The fraction of sp³-hybridized carbons (Fsp3) is 0.429. The number of ether oxygens (including phenoxy) is 2. The summed E-state index contributed by atoms with van der Waals surface area (Å²) in [7, 11) is 1.66. The average Bonchev–Trinajstić information content (AvgIpc) is 2.35. The minimum Gasteiger partial charge on any atom is -0.493 e. The molecule has 0 saturated heterocycles. The van der Waals surface area contributed by atoms with Gasteiger partial charge in [-0.05, 0) is 19.9 Å². The topological polar surface area (TPSA) is 30.5 Å². The molecule has 0 radical (unpaired) electrons. The van der Waals surface area contributed by atoms with Crippen molar-refractivity contribution in [3.05, 3.63) is 23.8 Å². The Bertz CT molecular complexity index is 404. The summed E-state index contributed by atoms with van der Waals surface area (Å²) in [6.45, 7) is 5.82. The molecule has 3 heteroatoms. The molecular weight excluding hydrogens is 214 g/mol. The second-order valence-corrected chi connectivity index (χ2v) is 3.41. The molecule has 0 heterocycles. The molecule has 1 N–H and O–H groups in total. The molecule has 0 aromatic heterocycles. The Morgan fingerprint density at radius 3 is 2.82 bits per heavy atom. The number of nitrogens with one attached hydrogen (secondary N) is 1. The van der Waals surface area contributed by atoms with Crippen LogP contribution in [-0.2, 0) is 6.54 Å². The van der Waals surface area contributed by atoms with E-state index in [1.807, 2.05) is 32.0 Å². The zero-order valence-corrected chi connectivity index (χ0v) is 10.7. The highest BCUT2D eigenvalue weighted by atomic mass is 16.5. The van der Waals surface area contributed by atoms with Gasteiger partial charge in [-0.15, -0.1) is 5.92 Å². The van der Waals surface area contributed by atoms with Crippen LogP contribution in [0.15, 0.2) is 18.2 Å². The van der Waals surface area contributed by atoms with Crippen LogP contribution in [-0.4, -0.2) is 20.3 Å². The summed E-state index contributed by atoms with van der Waals surface area (Å²) in [5.41, 5.74) is 1.08. The smallest absolute Gasteiger partial charge is 0.165 e. The first-order valence-corrected chi connectivity index (χ1v) is 5.72. The van der Waals surface area contributed by atoms with Gasteiger partial charge in [-0.2, -0.15) is 0 Å². The summed E-state index contributed by atoms with van der Waals surface area (Å²) in [5, 5.41) is 3.24. The van der Waals surface area contributed by atoms with Crippen molar-refractivity contribution in [2.75, 3.05) is 20.3 Å². The number of para-hydroxylation sites is 1. The van der Waals surface area contributed by atoms with Gasteiger partial charge >= 0.3 is 0 Å². The van der Waals surface area contributed by atoms with E-state index in [4.69, 9.17) is 9.47 Å². The molecule has 0 amide bonds. The van der Waals surface area contributed by atoms with Crippen LogP contribution in [0.1, 0.15) is 19.4 Å². The van der Waals surface area contributed by atoms with Crippen LogP contribution in [0.2, 0.25) is 0 Å². The minimum atomic E-state index is 0.633. The predicted molar refractivity (Wildman–Crippen MR) is 69.3 cm³/mol. The molecule has 92 valence electrons. The highest BCUT2D eigenvalue weighted by molar-refractivity contribution is 5.46. The molecule has 1 aromatic rings. The van der Waals surface area contributed by atoms with Crippen molar-refractivity contribution in [3.63, 3.8) is 0 Å². The summed E-state index contributed by atoms with van der Waals surface area (Å²) in [6, 6.07) is 5.90. The lowest BCUT2D eigenvalue weighted by atomic mass is 10.2. The molecule has 0 aliphatic rings. The van der Waals surface area contributed by atoms with Crippen LogP contribution >= 0.6 is 0 Å². The van der Waals surface area contributed by atoms with Crippen LogP contribution in [0, 0.1) is 11.8 Å². The standard InChI is InChI=1S/C14H19NO2/c1-4-6-10-15-11-12-8-7-9-13(17-5-2)14(12)16-3/h7-9,15H,5,10-11H2,1-3H3. The van der Waals surface area contributed by atoms with Crippen molar-refractivity contribution in [1.29, 1.82) is 0 Å². The molecule has 0 aliphatic carbocycles. The molecule has 0 spiro atoms. The van der Waals surface area contributed by atoms with Gasteiger partial charge in [-0.25, -0.2) is 0 Å². The van der Waals surface area contributed by atoms with Crippen molar-refractivity contribution < 1.29 is 9.47 Å². The number of benzene rings is 1. The van der Waals surface area contributed by atoms with E-state index in [1.165, 1.54) is 0 Å². The van der Waals surface area contributed by atoms with Crippen molar-refractivity contribution in [3.8, 4) is 23.3 Å². The van der Waals surface area contributed by atoms with Gasteiger partial charge in [-0.3, -0.25) is 0 Å². The normalized spacial score (nSPS) is 9.35. The number of hydrogen-bond acceptors (Lipinski definition) is 3. The fourth-order valence-electron chi connectivity index (χ4n) is 1.55. The average molecular weight is 233 g/mol. The van der Waals surface area contributed by atoms with Crippen LogP contribution in [0.25, 0.3) is 0 Å². The third-order valence-corrected chi connectivity index (χ3v) is 2.27. The van der Waals surface area contributed by atoms with E-state index in [-0.39, 0.29) is 0 Å². The van der Waals surface area contributed by atoms with Gasteiger partial charge in [0.1, 0.15) is 0 Å². The zero-order valence-electron chi connectivity index (χ0n) is 10.7. The van der Waals surface area contributed by atoms with E-state index in [9.17, 15) is 0 Å². The van der Waals surface area contributed by atoms with Gasteiger partial charge < -0.3 is 14.8 Å². The van der Waals surface area contributed by atoms with E-state index in [0.29, 0.717) is 13.2 Å². The van der Waals surface area contributed by atoms with E-state index < -0.39 is 0 Å². The van der Waals surface area contributed by atoms with E-state index in [0.717, 1.165) is 23.6 Å². The maximum Gasteiger partial charge on any atom is 0.165 e. The molecule has 0 saturated carbocycles. The van der Waals surface area contributed by atoms with Gasteiger partial charge in [0.2, 0.25) is 0 Å². The minimum absolute atomic E-state index is 0.633. The first-order valence-electron chi connectivity index (χ1n) is 5.72. The summed E-state index contributed by atoms with van der Waals surface area (Å²) in [5.74, 6) is 7.39. The quantitative estimate of drug-likeness (QED) is 0.603. The molecule has 0 aliphatic heterocycles. The second kappa shape index (κ2) is 7.59. The first-order chi connectivity index (χ1) is 8.33. The Hall–Kier alpha value is -1.66. The molecule has 0 bridgehead atoms. The van der Waals surface area contributed by atoms with E-state index in [1.54, 1.807) is 7.11 Å². The van der Waals surface area contributed by atoms with Gasteiger partial charge in [0, 0.05) is 12.1 Å². The summed E-state index contributed by atoms with van der Waals surface area (Å²) in [6.07, 6.45) is 0. The number of methoxy groups -OCH3 is 1. The number of rotatable bonds is 6. The molecule has 0 fully saturated rings. The molecule has 17 heavy (non-hydrogen) atoms. The molecule has 3 nitrogen and oxygen atoms in total. The lowest BCUT2D eigenvalue weighted by Gasteiger charge is -2.13. The van der Waals surface area contributed by atoms with Gasteiger partial charge in [0.25, 0.3) is 0 Å². The summed E-state index contributed by atoms with van der Waals surface area (Å²) < 4.78 is 10.9. The van der Waals surface area contributed by atoms with E-state index >= 15 is 0 Å². The highest BCUT2D eigenvalue weighted by Gasteiger charge is 2.08. The zero-order chi connectivity index (χ0) is 12.5.